The molecule has 0 saturated carbocycles. The first kappa shape index (κ1) is 55.8. The molecule has 5 nitrogen and oxygen atoms in total. The van der Waals surface area contributed by atoms with Gasteiger partial charge in [0, 0.05) is 56.7 Å². The summed E-state index contributed by atoms with van der Waals surface area (Å²) in [4.78, 5) is 10.2. The van der Waals surface area contributed by atoms with Crippen LogP contribution in [0, 0.1) is 0 Å². The lowest BCUT2D eigenvalue weighted by Crippen LogP contribution is -2.27. The van der Waals surface area contributed by atoms with Crippen LogP contribution in [0.2, 0.25) is 0 Å². The van der Waals surface area contributed by atoms with Crippen LogP contribution in [0.25, 0.3) is 38.8 Å². The third-order valence-corrected chi connectivity index (χ3v) is 18.3. The third kappa shape index (κ3) is 10.2. The summed E-state index contributed by atoms with van der Waals surface area (Å²) in [5, 5.41) is 2.31. The van der Waals surface area contributed by atoms with Crippen LogP contribution < -0.4 is 14.5 Å². The Kier molecular flexibility index (Phi) is 14.3. The van der Waals surface area contributed by atoms with Crippen LogP contribution in [-0.2, 0) is 21.7 Å². The molecule has 0 amide bonds. The number of nitrogens with zero attached hydrogens (tertiary/aromatic N) is 4. The smallest absolute Gasteiger partial charge is 0.137 e. The highest BCUT2D eigenvalue weighted by Gasteiger charge is 2.35. The van der Waals surface area contributed by atoms with Crippen LogP contribution in [0.1, 0.15) is 152 Å². The van der Waals surface area contributed by atoms with E-state index in [0.717, 1.165) is 56.4 Å². The lowest BCUT2D eigenvalue weighted by molar-refractivity contribution is 0.483. The summed E-state index contributed by atoms with van der Waals surface area (Å²) >= 11 is 0. The minimum absolute atomic E-state index is 0.0785. The van der Waals surface area contributed by atoms with Gasteiger partial charge >= 0.3 is 0 Å². The van der Waals surface area contributed by atoms with Gasteiger partial charge in [-0.3, -0.25) is 4.57 Å². The molecule has 0 bridgehead atoms. The Bertz CT molecular complexity index is 4120. The van der Waals surface area contributed by atoms with Crippen LogP contribution in [-0.4, -0.2) is 16.2 Å². The maximum Gasteiger partial charge on any atom is 0.137 e. The van der Waals surface area contributed by atoms with Gasteiger partial charge in [0.15, 0.2) is 0 Å². The fourth-order valence-corrected chi connectivity index (χ4v) is 12.9. The first-order chi connectivity index (χ1) is 40.2. The minimum Gasteiger partial charge on any atom is -0.457 e. The van der Waals surface area contributed by atoms with Gasteiger partial charge < -0.3 is 14.5 Å². The molecule has 0 saturated heterocycles. The molecule has 1 aliphatic heterocycles. The van der Waals surface area contributed by atoms with Crippen LogP contribution in [0.5, 0.6) is 11.5 Å². The number of ether oxygens (including phenoxy) is 1. The normalized spacial score (nSPS) is 13.2. The van der Waals surface area contributed by atoms with E-state index in [4.69, 9.17) is 9.72 Å². The third-order valence-electron chi connectivity index (χ3n) is 18.3. The molecule has 422 valence electrons. The lowest BCUT2D eigenvalue weighted by atomic mass is 9.73. The molecule has 0 radical (unpaired) electrons. The van der Waals surface area contributed by atoms with Crippen molar-refractivity contribution in [3.8, 4) is 28.4 Å². The number of aromatic nitrogens is 2. The van der Waals surface area contributed by atoms with Gasteiger partial charge in [0.05, 0.1) is 22.4 Å². The van der Waals surface area contributed by atoms with Crippen molar-refractivity contribution in [2.75, 3.05) is 16.5 Å². The van der Waals surface area contributed by atoms with Gasteiger partial charge in [-0.05, 0) is 145 Å². The molecule has 0 N–H and O–H groups in total. The molecule has 11 aromatic rings. The fourth-order valence-electron chi connectivity index (χ4n) is 12.9. The van der Waals surface area contributed by atoms with E-state index in [1.54, 1.807) is 0 Å². The molecule has 0 fully saturated rings. The average molecular weight is 1100 g/mol. The Balaban J connectivity index is 1.03. The zero-order valence-corrected chi connectivity index (χ0v) is 51.4. The predicted molar refractivity (Wildman–Crippen MR) is 355 cm³/mol. The summed E-state index contributed by atoms with van der Waals surface area (Å²) in [7, 11) is 0. The van der Waals surface area contributed by atoms with Crippen molar-refractivity contribution in [1.29, 1.82) is 0 Å². The molecule has 84 heavy (non-hydrogen) atoms. The lowest BCUT2D eigenvalue weighted by Gasteiger charge is -2.33. The maximum atomic E-state index is 7.35. The van der Waals surface area contributed by atoms with Crippen molar-refractivity contribution in [1.82, 2.24) is 9.55 Å². The van der Waals surface area contributed by atoms with Crippen LogP contribution in [0.3, 0.4) is 0 Å². The Morgan fingerprint density at radius 3 is 1.51 bits per heavy atom. The van der Waals surface area contributed by atoms with E-state index in [0.29, 0.717) is 18.5 Å². The van der Waals surface area contributed by atoms with Crippen molar-refractivity contribution >= 4 is 44.6 Å². The molecule has 1 aliphatic rings. The summed E-state index contributed by atoms with van der Waals surface area (Å²) in [6.45, 7) is 30.9. The number of benzene rings is 9. The topological polar surface area (TPSA) is 33.5 Å². The van der Waals surface area contributed by atoms with E-state index >= 15 is 0 Å². The molecule has 9 aromatic carbocycles. The number of pyridine rings is 1. The van der Waals surface area contributed by atoms with Crippen molar-refractivity contribution in [3.63, 3.8) is 0 Å². The summed E-state index contributed by atoms with van der Waals surface area (Å²) in [6.07, 6.45) is 1.96. The Morgan fingerprint density at radius 2 is 0.929 bits per heavy atom. The van der Waals surface area contributed by atoms with E-state index in [9.17, 15) is 0 Å². The minimum atomic E-state index is -0.288. The van der Waals surface area contributed by atoms with E-state index < -0.39 is 0 Å². The zero-order valence-electron chi connectivity index (χ0n) is 51.4. The summed E-state index contributed by atoms with van der Waals surface area (Å²) in [5.41, 5.74) is 19.7. The van der Waals surface area contributed by atoms with E-state index in [-0.39, 0.29) is 21.7 Å². The summed E-state index contributed by atoms with van der Waals surface area (Å²) in [6, 6.07) is 80.7. The number of fused-ring (bicyclic) bond motifs is 4. The van der Waals surface area contributed by atoms with Gasteiger partial charge in [-0.1, -0.05) is 230 Å². The Morgan fingerprint density at radius 1 is 0.393 bits per heavy atom. The molecule has 3 heterocycles. The van der Waals surface area contributed by atoms with E-state index in [1.165, 1.54) is 66.7 Å². The second-order valence-corrected chi connectivity index (χ2v) is 26.6. The monoisotopic (exact) mass is 1100 g/mol. The summed E-state index contributed by atoms with van der Waals surface area (Å²) < 4.78 is 9.66. The van der Waals surface area contributed by atoms with Crippen molar-refractivity contribution in [2.24, 2.45) is 0 Å². The molecule has 12 rings (SSSR count). The second-order valence-electron chi connectivity index (χ2n) is 26.6. The molecule has 0 atom stereocenters. The van der Waals surface area contributed by atoms with E-state index in [2.05, 4.69) is 323 Å². The second kappa shape index (κ2) is 21.5. The molecule has 0 unspecified atom stereocenters. The maximum absolute atomic E-state index is 7.35. The predicted octanol–water partition coefficient (Wildman–Crippen LogP) is 21.4. The van der Waals surface area contributed by atoms with Gasteiger partial charge in [0.25, 0.3) is 0 Å². The molecule has 0 spiro atoms. The van der Waals surface area contributed by atoms with Crippen molar-refractivity contribution in [3.05, 3.63) is 275 Å². The van der Waals surface area contributed by atoms with Crippen LogP contribution >= 0.6 is 0 Å². The molecule has 5 heteroatoms. The highest BCUT2D eigenvalue weighted by molar-refractivity contribution is 6.09. The van der Waals surface area contributed by atoms with Gasteiger partial charge in [0.1, 0.15) is 24.0 Å². The van der Waals surface area contributed by atoms with Crippen LogP contribution in [0.4, 0.5) is 22.7 Å². The van der Waals surface area contributed by atoms with Gasteiger partial charge in [-0.25, -0.2) is 4.98 Å². The Hall–Kier alpha value is -8.67. The number of hydrogen-bond acceptors (Lipinski definition) is 4. The fraction of sp³-hybridized carbons (Fsp3) is 0.253. The first-order valence-corrected chi connectivity index (χ1v) is 30.2. The highest BCUT2D eigenvalue weighted by atomic mass is 16.5. The van der Waals surface area contributed by atoms with E-state index in [1.807, 2.05) is 6.20 Å². The summed E-state index contributed by atoms with van der Waals surface area (Å²) in [5.74, 6) is 2.98. The van der Waals surface area contributed by atoms with Crippen LogP contribution in [0.15, 0.2) is 225 Å². The standard InChI is InChI=1S/C79H80N4O/c1-52(2)66-33-25-34-67(53(3)4)75(66)54-42-62(49-65(43-54)84-64-37-38-69-68-32-23-24-35-70(68)83(72(69)50-64)74-48-59(40-41-80-74)77(8,9)55-26-17-14-18-27-55)81-51-82(73-47-58(76(5,6)7)36-39-71(73)81)63-45-60(78(10,11)56-28-19-15-20-29-56)44-61(46-63)79(12,13)57-30-21-16-22-31-57/h14-50,52-53H,51H2,1-13H3. The Labute approximate surface area is 499 Å². The van der Waals surface area contributed by atoms with Gasteiger partial charge in [-0.15, -0.1) is 0 Å². The van der Waals surface area contributed by atoms with Gasteiger partial charge in [-0.2, -0.15) is 0 Å². The highest BCUT2D eigenvalue weighted by Crippen LogP contribution is 2.51. The largest absolute Gasteiger partial charge is 0.457 e. The molecule has 0 aliphatic carbocycles. The van der Waals surface area contributed by atoms with Gasteiger partial charge in [0.2, 0.25) is 0 Å². The van der Waals surface area contributed by atoms with Crippen molar-refractivity contribution < 1.29 is 4.74 Å². The van der Waals surface area contributed by atoms with Crippen molar-refractivity contribution in [2.45, 2.75) is 124 Å². The molecular formula is C79H80N4O. The molecular weight excluding hydrogens is 1020 g/mol. The first-order valence-electron chi connectivity index (χ1n) is 30.2. The number of rotatable bonds is 14. The number of anilines is 4. The number of para-hydroxylation sites is 1. The average Bonchev–Trinajstić information content (AvgIpc) is 1.99. The molecule has 2 aromatic heterocycles. The number of hydrogen-bond donors (Lipinski definition) is 0. The SMILES string of the molecule is CC(C)c1cccc(C(C)C)c1-c1cc(Oc2ccc3c4ccccc4n(-c4cc(C(C)(C)c5ccccc5)ccn4)c3c2)cc(N2CN(c3cc(C(C)(C)c4ccccc4)cc(C(C)(C)c4ccccc4)c3)c3cc(C(C)(C)C)ccc32)c1. The zero-order chi connectivity index (χ0) is 58.9. The quantitative estimate of drug-likeness (QED) is 0.109.